The lowest BCUT2D eigenvalue weighted by atomic mass is 9.96. The van der Waals surface area contributed by atoms with Gasteiger partial charge in [0, 0.05) is 17.3 Å². The van der Waals surface area contributed by atoms with Crippen molar-refractivity contribution >= 4 is 32.2 Å². The number of amides is 1. The molecule has 0 aliphatic carbocycles. The van der Waals surface area contributed by atoms with Crippen LogP contribution in [0.2, 0.25) is 0 Å². The SMILES string of the molecule is CCc1cnc(NC(=O)C2(S(C)(=O)=O)CCNCC2)s1. The van der Waals surface area contributed by atoms with Crippen LogP contribution in [0.1, 0.15) is 24.6 Å². The summed E-state index contributed by atoms with van der Waals surface area (Å²) in [5.41, 5.74) is 0. The number of hydrogen-bond acceptors (Lipinski definition) is 6. The number of aryl methyl sites for hydroxylation is 1. The number of sulfone groups is 1. The lowest BCUT2D eigenvalue weighted by Crippen LogP contribution is -2.55. The van der Waals surface area contributed by atoms with E-state index in [0.717, 1.165) is 17.6 Å². The van der Waals surface area contributed by atoms with Gasteiger partial charge in [0.05, 0.1) is 0 Å². The van der Waals surface area contributed by atoms with Gasteiger partial charge >= 0.3 is 0 Å². The molecule has 0 unspecified atom stereocenters. The van der Waals surface area contributed by atoms with E-state index >= 15 is 0 Å². The van der Waals surface area contributed by atoms with Crippen molar-refractivity contribution in [3.63, 3.8) is 0 Å². The summed E-state index contributed by atoms with van der Waals surface area (Å²) in [7, 11) is -3.48. The van der Waals surface area contributed by atoms with E-state index < -0.39 is 20.5 Å². The number of hydrogen-bond donors (Lipinski definition) is 2. The summed E-state index contributed by atoms with van der Waals surface area (Å²) in [6.07, 6.45) is 4.27. The van der Waals surface area contributed by atoms with Crippen molar-refractivity contribution in [2.75, 3.05) is 24.7 Å². The number of anilines is 1. The summed E-state index contributed by atoms with van der Waals surface area (Å²) in [4.78, 5) is 17.6. The van der Waals surface area contributed by atoms with Crippen molar-refractivity contribution in [2.45, 2.75) is 30.9 Å². The normalized spacial score (nSPS) is 18.7. The molecule has 6 nitrogen and oxygen atoms in total. The largest absolute Gasteiger partial charge is 0.317 e. The first-order valence-corrected chi connectivity index (χ1v) is 9.26. The number of rotatable bonds is 4. The summed E-state index contributed by atoms with van der Waals surface area (Å²) >= 11 is 1.38. The molecule has 1 fully saturated rings. The maximum atomic E-state index is 12.5. The zero-order chi connectivity index (χ0) is 14.8. The van der Waals surface area contributed by atoms with Crippen molar-refractivity contribution in [1.29, 1.82) is 0 Å². The predicted octanol–water partition coefficient (Wildman–Crippen LogP) is 0.811. The van der Waals surface area contributed by atoms with E-state index in [1.54, 1.807) is 6.20 Å². The molecule has 20 heavy (non-hydrogen) atoms. The van der Waals surface area contributed by atoms with Gasteiger partial charge in [0.1, 0.15) is 0 Å². The van der Waals surface area contributed by atoms with Gasteiger partial charge in [-0.25, -0.2) is 13.4 Å². The Morgan fingerprint density at radius 1 is 1.50 bits per heavy atom. The second kappa shape index (κ2) is 5.79. The van der Waals surface area contributed by atoms with Crippen molar-refractivity contribution in [1.82, 2.24) is 10.3 Å². The molecule has 0 atom stereocenters. The van der Waals surface area contributed by atoms with Crippen molar-refractivity contribution < 1.29 is 13.2 Å². The quantitative estimate of drug-likeness (QED) is 0.858. The Morgan fingerprint density at radius 3 is 2.65 bits per heavy atom. The smallest absolute Gasteiger partial charge is 0.247 e. The van der Waals surface area contributed by atoms with Crippen LogP contribution in [0.25, 0.3) is 0 Å². The van der Waals surface area contributed by atoms with Crippen LogP contribution < -0.4 is 10.6 Å². The van der Waals surface area contributed by atoms with Crippen molar-refractivity contribution in [3.8, 4) is 0 Å². The molecule has 1 aliphatic heterocycles. The zero-order valence-electron chi connectivity index (χ0n) is 11.6. The molecule has 0 saturated carbocycles. The number of piperidine rings is 1. The zero-order valence-corrected chi connectivity index (χ0v) is 13.2. The second-order valence-electron chi connectivity index (χ2n) is 4.96. The van der Waals surface area contributed by atoms with E-state index in [4.69, 9.17) is 0 Å². The highest BCUT2D eigenvalue weighted by Gasteiger charge is 2.48. The van der Waals surface area contributed by atoms with Gasteiger partial charge in [0.25, 0.3) is 0 Å². The lowest BCUT2D eigenvalue weighted by molar-refractivity contribution is -0.119. The maximum Gasteiger partial charge on any atom is 0.247 e. The topological polar surface area (TPSA) is 88.2 Å². The number of carbonyl (C=O) groups is 1. The van der Waals surface area contributed by atoms with Gasteiger partial charge < -0.3 is 10.6 Å². The summed E-state index contributed by atoms with van der Waals surface area (Å²) in [6, 6.07) is 0. The minimum atomic E-state index is -3.48. The first-order valence-electron chi connectivity index (χ1n) is 6.55. The molecule has 1 aliphatic rings. The van der Waals surface area contributed by atoms with Gasteiger partial charge in [0.15, 0.2) is 19.7 Å². The van der Waals surface area contributed by atoms with E-state index in [9.17, 15) is 13.2 Å². The highest BCUT2D eigenvalue weighted by atomic mass is 32.2. The van der Waals surface area contributed by atoms with E-state index in [-0.39, 0.29) is 0 Å². The molecular formula is C12H19N3O3S2. The second-order valence-corrected chi connectivity index (χ2v) is 8.40. The van der Waals surface area contributed by atoms with Crippen LogP contribution in [0.5, 0.6) is 0 Å². The molecule has 0 bridgehead atoms. The van der Waals surface area contributed by atoms with Crippen LogP contribution >= 0.6 is 11.3 Å². The third kappa shape index (κ3) is 2.87. The van der Waals surface area contributed by atoms with Gasteiger partial charge in [-0.3, -0.25) is 4.79 Å². The highest BCUT2D eigenvalue weighted by Crippen LogP contribution is 2.30. The number of carbonyl (C=O) groups excluding carboxylic acids is 1. The standard InChI is InChI=1S/C12H19N3O3S2/c1-3-9-8-14-11(19-9)15-10(16)12(20(2,17)18)4-6-13-7-5-12/h8,13H,3-7H2,1-2H3,(H,14,15,16). The van der Waals surface area contributed by atoms with Crippen LogP contribution in [-0.4, -0.2) is 43.4 Å². The molecule has 1 saturated heterocycles. The molecule has 2 heterocycles. The van der Waals surface area contributed by atoms with Crippen LogP contribution in [0.15, 0.2) is 6.20 Å². The third-order valence-electron chi connectivity index (χ3n) is 3.66. The molecule has 0 radical (unpaired) electrons. The molecule has 1 aromatic heterocycles. The lowest BCUT2D eigenvalue weighted by Gasteiger charge is -2.33. The molecule has 112 valence electrons. The number of nitrogens with one attached hydrogen (secondary N) is 2. The monoisotopic (exact) mass is 317 g/mol. The van der Waals surface area contributed by atoms with E-state index in [1.165, 1.54) is 11.3 Å². The Hall–Kier alpha value is -0.990. The number of nitrogens with zero attached hydrogens (tertiary/aromatic N) is 1. The van der Waals surface area contributed by atoms with Crippen molar-refractivity contribution in [2.24, 2.45) is 0 Å². The molecule has 0 spiro atoms. The van der Waals surface area contributed by atoms with Crippen molar-refractivity contribution in [3.05, 3.63) is 11.1 Å². The molecule has 1 amide bonds. The fourth-order valence-electron chi connectivity index (χ4n) is 2.34. The predicted molar refractivity (Wildman–Crippen MR) is 79.8 cm³/mol. The molecule has 2 rings (SSSR count). The van der Waals surface area contributed by atoms with Crippen LogP contribution in [-0.2, 0) is 21.1 Å². The van der Waals surface area contributed by atoms with Crippen LogP contribution in [0.3, 0.4) is 0 Å². The average molecular weight is 317 g/mol. The van der Waals surface area contributed by atoms with E-state index in [2.05, 4.69) is 15.6 Å². The Morgan fingerprint density at radius 2 is 2.15 bits per heavy atom. The summed E-state index contributed by atoms with van der Waals surface area (Å²) in [5.74, 6) is -0.460. The Kier molecular flexibility index (Phi) is 4.46. The fraction of sp³-hybridized carbons (Fsp3) is 0.667. The molecule has 2 N–H and O–H groups in total. The summed E-state index contributed by atoms with van der Waals surface area (Å²) in [5, 5.41) is 6.23. The number of thiazole rings is 1. The van der Waals surface area contributed by atoms with Gasteiger partial charge in [-0.1, -0.05) is 6.92 Å². The van der Waals surface area contributed by atoms with Crippen LogP contribution in [0.4, 0.5) is 5.13 Å². The maximum absolute atomic E-state index is 12.5. The van der Waals surface area contributed by atoms with E-state index in [0.29, 0.717) is 31.1 Å². The minimum Gasteiger partial charge on any atom is -0.317 e. The van der Waals surface area contributed by atoms with E-state index in [1.807, 2.05) is 6.92 Å². The Balaban J connectivity index is 2.23. The van der Waals surface area contributed by atoms with Gasteiger partial charge in [-0.15, -0.1) is 11.3 Å². The Labute approximate surface area is 122 Å². The highest BCUT2D eigenvalue weighted by molar-refractivity contribution is 7.92. The molecule has 0 aromatic carbocycles. The average Bonchev–Trinajstić information content (AvgIpc) is 2.86. The first kappa shape index (κ1) is 15.4. The van der Waals surface area contributed by atoms with Gasteiger partial charge in [0.2, 0.25) is 5.91 Å². The molecule has 8 heteroatoms. The first-order chi connectivity index (χ1) is 9.39. The summed E-state index contributed by atoms with van der Waals surface area (Å²) in [6.45, 7) is 3.06. The Bertz CT molecular complexity index is 589. The van der Waals surface area contributed by atoms with Gasteiger partial charge in [-0.2, -0.15) is 0 Å². The molecular weight excluding hydrogens is 298 g/mol. The molecule has 1 aromatic rings. The third-order valence-corrected chi connectivity index (χ3v) is 6.73. The summed E-state index contributed by atoms with van der Waals surface area (Å²) < 4.78 is 22.9. The fourth-order valence-corrected chi connectivity index (χ4v) is 4.42. The number of aromatic nitrogens is 1. The van der Waals surface area contributed by atoms with Crippen LogP contribution in [0, 0.1) is 0 Å². The van der Waals surface area contributed by atoms with Gasteiger partial charge in [-0.05, 0) is 32.4 Å². The minimum absolute atomic E-state index is 0.295.